The van der Waals surface area contributed by atoms with Crippen molar-refractivity contribution in [2.24, 2.45) is 0 Å². The highest BCUT2D eigenvalue weighted by Crippen LogP contribution is 2.24. The zero-order valence-corrected chi connectivity index (χ0v) is 11.5. The maximum Gasteiger partial charge on any atom is 0.258 e. The van der Waals surface area contributed by atoms with E-state index in [0.29, 0.717) is 26.6 Å². The number of nitrogens with zero attached hydrogens (tertiary/aromatic N) is 1. The van der Waals surface area contributed by atoms with Crippen LogP contribution in [0.1, 0.15) is 10.4 Å². The lowest BCUT2D eigenvalue weighted by Gasteiger charge is -2.07. The molecule has 0 atom stereocenters. The van der Waals surface area contributed by atoms with Crippen LogP contribution in [0.2, 0.25) is 5.02 Å². The summed E-state index contributed by atoms with van der Waals surface area (Å²) in [7, 11) is 0. The lowest BCUT2D eigenvalue weighted by Crippen LogP contribution is -2.14. The van der Waals surface area contributed by atoms with E-state index < -0.39 is 0 Å². The van der Waals surface area contributed by atoms with Gasteiger partial charge < -0.3 is 11.1 Å². The van der Waals surface area contributed by atoms with Crippen molar-refractivity contribution < 1.29 is 4.79 Å². The predicted molar refractivity (Wildman–Crippen MR) is 75.8 cm³/mol. The zero-order valence-electron chi connectivity index (χ0n) is 9.15. The molecule has 92 valence electrons. The first-order valence-electron chi connectivity index (χ1n) is 5.05. The van der Waals surface area contributed by atoms with Gasteiger partial charge in [0, 0.05) is 11.9 Å². The second-order valence-corrected chi connectivity index (χ2v) is 4.75. The van der Waals surface area contributed by atoms with Crippen LogP contribution in [0.25, 0.3) is 0 Å². The van der Waals surface area contributed by atoms with Crippen molar-refractivity contribution in [2.75, 3.05) is 11.1 Å². The highest BCUT2D eigenvalue weighted by atomic mass is 79.9. The van der Waals surface area contributed by atoms with E-state index in [2.05, 4.69) is 26.2 Å². The van der Waals surface area contributed by atoms with E-state index in [1.165, 1.54) is 6.20 Å². The van der Waals surface area contributed by atoms with Crippen molar-refractivity contribution in [3.05, 3.63) is 51.6 Å². The monoisotopic (exact) mass is 325 g/mol. The summed E-state index contributed by atoms with van der Waals surface area (Å²) in [4.78, 5) is 16.0. The third kappa shape index (κ3) is 2.80. The smallest absolute Gasteiger partial charge is 0.258 e. The Morgan fingerprint density at radius 1 is 1.33 bits per heavy atom. The van der Waals surface area contributed by atoms with E-state index in [1.807, 2.05) is 0 Å². The van der Waals surface area contributed by atoms with Gasteiger partial charge in [0.25, 0.3) is 5.91 Å². The molecule has 0 fully saturated rings. The summed E-state index contributed by atoms with van der Waals surface area (Å²) in [5, 5.41) is 3.17. The van der Waals surface area contributed by atoms with E-state index in [0.717, 1.165) is 0 Å². The van der Waals surface area contributed by atoms with Gasteiger partial charge in [-0.05, 0) is 40.2 Å². The number of nitrogens with two attached hydrogens (primary N) is 1. The van der Waals surface area contributed by atoms with Gasteiger partial charge in [0.05, 0.1) is 15.1 Å². The van der Waals surface area contributed by atoms with Gasteiger partial charge in [-0.1, -0.05) is 17.7 Å². The van der Waals surface area contributed by atoms with Crippen LogP contribution in [-0.2, 0) is 0 Å². The first-order chi connectivity index (χ1) is 8.58. The number of carbonyl (C=O) groups is 1. The molecular formula is C12H9BrClN3O. The molecule has 0 aliphatic heterocycles. The van der Waals surface area contributed by atoms with Gasteiger partial charge in [-0.25, -0.2) is 4.98 Å². The standard InChI is InChI=1S/C12H9BrClN3O/c13-11-8(2-1-3-9(11)15)12(18)17-10-5-4-7(14)6-16-10/h1-6H,15H2,(H,16,17,18). The lowest BCUT2D eigenvalue weighted by atomic mass is 10.2. The summed E-state index contributed by atoms with van der Waals surface area (Å²) in [5.74, 6) is 0.141. The average Bonchev–Trinajstić information content (AvgIpc) is 2.35. The summed E-state index contributed by atoms with van der Waals surface area (Å²) < 4.78 is 0.566. The number of hydrogen-bond donors (Lipinski definition) is 2. The van der Waals surface area contributed by atoms with Crippen LogP contribution in [-0.4, -0.2) is 10.9 Å². The van der Waals surface area contributed by atoms with Crippen molar-refractivity contribution in [3.63, 3.8) is 0 Å². The van der Waals surface area contributed by atoms with E-state index >= 15 is 0 Å². The van der Waals surface area contributed by atoms with Crippen molar-refractivity contribution >= 4 is 44.9 Å². The van der Waals surface area contributed by atoms with Gasteiger partial charge in [0.15, 0.2) is 0 Å². The maximum absolute atomic E-state index is 12.0. The zero-order chi connectivity index (χ0) is 13.1. The summed E-state index contributed by atoms with van der Waals surface area (Å²) in [6.07, 6.45) is 1.46. The summed E-state index contributed by atoms with van der Waals surface area (Å²) in [6.45, 7) is 0. The van der Waals surface area contributed by atoms with Crippen LogP contribution in [0.4, 0.5) is 11.5 Å². The Kier molecular flexibility index (Phi) is 3.84. The Morgan fingerprint density at radius 2 is 2.11 bits per heavy atom. The molecule has 0 radical (unpaired) electrons. The predicted octanol–water partition coefficient (Wildman–Crippen LogP) is 3.33. The van der Waals surface area contributed by atoms with Crippen molar-refractivity contribution in [1.82, 2.24) is 4.98 Å². The molecule has 2 rings (SSSR count). The largest absolute Gasteiger partial charge is 0.398 e. The molecule has 1 amide bonds. The number of carbonyl (C=O) groups excluding carboxylic acids is 1. The molecule has 0 bridgehead atoms. The van der Waals surface area contributed by atoms with E-state index in [-0.39, 0.29) is 5.91 Å². The number of rotatable bonds is 2. The fourth-order valence-corrected chi connectivity index (χ4v) is 1.91. The van der Waals surface area contributed by atoms with Gasteiger partial charge in [-0.3, -0.25) is 4.79 Å². The van der Waals surface area contributed by atoms with Gasteiger partial charge in [0.2, 0.25) is 0 Å². The van der Waals surface area contributed by atoms with Crippen LogP contribution in [0, 0.1) is 0 Å². The number of pyridine rings is 1. The Hall–Kier alpha value is -1.59. The first kappa shape index (κ1) is 12.9. The summed E-state index contributed by atoms with van der Waals surface area (Å²) in [5.41, 5.74) is 6.67. The number of anilines is 2. The van der Waals surface area contributed by atoms with Crippen LogP contribution < -0.4 is 11.1 Å². The van der Waals surface area contributed by atoms with Gasteiger partial charge >= 0.3 is 0 Å². The van der Waals surface area contributed by atoms with Crippen molar-refractivity contribution in [1.29, 1.82) is 0 Å². The molecule has 3 N–H and O–H groups in total. The minimum absolute atomic E-state index is 0.288. The molecule has 1 heterocycles. The third-order valence-electron chi connectivity index (χ3n) is 2.24. The molecule has 0 unspecified atom stereocenters. The number of nitrogens with one attached hydrogen (secondary N) is 1. The molecule has 0 aliphatic carbocycles. The molecule has 2 aromatic rings. The first-order valence-corrected chi connectivity index (χ1v) is 6.22. The maximum atomic E-state index is 12.0. The number of halogens is 2. The van der Waals surface area contributed by atoms with Gasteiger partial charge in [-0.2, -0.15) is 0 Å². The van der Waals surface area contributed by atoms with E-state index in [1.54, 1.807) is 30.3 Å². The normalized spacial score (nSPS) is 10.1. The Morgan fingerprint density at radius 3 is 2.78 bits per heavy atom. The van der Waals surface area contributed by atoms with Crippen molar-refractivity contribution in [2.45, 2.75) is 0 Å². The molecule has 0 spiro atoms. The molecule has 0 saturated carbocycles. The molecule has 0 aliphatic rings. The van der Waals surface area contributed by atoms with Crippen LogP contribution in [0.5, 0.6) is 0 Å². The average molecular weight is 327 g/mol. The number of aromatic nitrogens is 1. The van der Waals surface area contributed by atoms with Crippen LogP contribution in [0.15, 0.2) is 41.0 Å². The van der Waals surface area contributed by atoms with Crippen molar-refractivity contribution in [3.8, 4) is 0 Å². The molecule has 6 heteroatoms. The Bertz CT molecular complexity index is 586. The third-order valence-corrected chi connectivity index (χ3v) is 3.35. The quantitative estimate of drug-likeness (QED) is 0.832. The molecule has 1 aromatic heterocycles. The second kappa shape index (κ2) is 5.37. The molecule has 4 nitrogen and oxygen atoms in total. The number of benzene rings is 1. The SMILES string of the molecule is Nc1cccc(C(=O)Nc2ccc(Cl)cn2)c1Br. The van der Waals surface area contributed by atoms with E-state index in [4.69, 9.17) is 17.3 Å². The minimum Gasteiger partial charge on any atom is -0.398 e. The van der Waals surface area contributed by atoms with Crippen LogP contribution >= 0.6 is 27.5 Å². The fourth-order valence-electron chi connectivity index (χ4n) is 1.36. The van der Waals surface area contributed by atoms with Gasteiger partial charge in [-0.15, -0.1) is 0 Å². The Labute approximate surface area is 117 Å². The molecular weight excluding hydrogens is 318 g/mol. The fraction of sp³-hybridized carbons (Fsp3) is 0. The molecule has 0 saturated heterocycles. The molecule has 18 heavy (non-hydrogen) atoms. The number of nitrogen functional groups attached to an aromatic ring is 1. The highest BCUT2D eigenvalue weighted by molar-refractivity contribution is 9.10. The highest BCUT2D eigenvalue weighted by Gasteiger charge is 2.12. The Balaban J connectivity index is 2.22. The number of hydrogen-bond acceptors (Lipinski definition) is 3. The topological polar surface area (TPSA) is 68.0 Å². The summed E-state index contributed by atoms with van der Waals surface area (Å²) >= 11 is 8.99. The minimum atomic E-state index is -0.288. The molecule has 1 aromatic carbocycles. The van der Waals surface area contributed by atoms with Crippen LogP contribution in [0.3, 0.4) is 0 Å². The summed E-state index contributed by atoms with van der Waals surface area (Å²) in [6, 6.07) is 8.37. The van der Waals surface area contributed by atoms with Gasteiger partial charge in [0.1, 0.15) is 5.82 Å². The number of amides is 1. The van der Waals surface area contributed by atoms with E-state index in [9.17, 15) is 4.79 Å². The second-order valence-electron chi connectivity index (χ2n) is 3.52. The lowest BCUT2D eigenvalue weighted by molar-refractivity contribution is 0.102.